The molecule has 2 atom stereocenters. The summed E-state index contributed by atoms with van der Waals surface area (Å²) in [7, 11) is 0. The number of hydrogen-bond acceptors (Lipinski definition) is 4. The summed E-state index contributed by atoms with van der Waals surface area (Å²) in [5, 5.41) is 9.34. The molecule has 0 amide bonds. The minimum absolute atomic E-state index is 0.0632. The Bertz CT molecular complexity index is 633. The van der Waals surface area contributed by atoms with Crippen LogP contribution in [0, 0.1) is 5.92 Å². The summed E-state index contributed by atoms with van der Waals surface area (Å²) in [4.78, 5) is 22.5. The molecule has 0 spiro atoms. The molecular weight excluding hydrogens is 290 g/mol. The Morgan fingerprint density at radius 1 is 1.22 bits per heavy atom. The minimum Gasteiger partial charge on any atom is -0.481 e. The molecule has 0 radical (unpaired) electrons. The van der Waals surface area contributed by atoms with Crippen LogP contribution >= 0.6 is 0 Å². The Hall–Kier alpha value is -2.27. The first kappa shape index (κ1) is 15.6. The monoisotopic (exact) mass is 311 g/mol. The molecule has 0 aliphatic carbocycles. The van der Waals surface area contributed by atoms with E-state index in [2.05, 4.69) is 14.9 Å². The Morgan fingerprint density at radius 3 is 2.65 bits per heavy atom. The molecule has 5 heteroatoms. The molecule has 2 unspecified atom stereocenters. The molecule has 1 aliphatic heterocycles. The van der Waals surface area contributed by atoms with Gasteiger partial charge in [-0.15, -0.1) is 0 Å². The normalized spacial score (nSPS) is 20.1. The lowest BCUT2D eigenvalue weighted by Gasteiger charge is -2.36. The number of hydrogen-bond donors (Lipinski definition) is 1. The highest BCUT2D eigenvalue weighted by atomic mass is 16.4. The number of piperidine rings is 1. The van der Waals surface area contributed by atoms with Crippen molar-refractivity contribution in [3.63, 3.8) is 0 Å². The van der Waals surface area contributed by atoms with Crippen LogP contribution in [0.3, 0.4) is 0 Å². The Balaban J connectivity index is 1.84. The Kier molecular flexibility index (Phi) is 4.98. The van der Waals surface area contributed by atoms with Crippen molar-refractivity contribution in [1.82, 2.24) is 14.9 Å². The quantitative estimate of drug-likeness (QED) is 0.919. The largest absolute Gasteiger partial charge is 0.481 e. The second kappa shape index (κ2) is 7.33. The van der Waals surface area contributed by atoms with Gasteiger partial charge in [-0.05, 0) is 43.7 Å². The van der Waals surface area contributed by atoms with Crippen molar-refractivity contribution in [2.75, 3.05) is 13.1 Å². The van der Waals surface area contributed by atoms with E-state index in [9.17, 15) is 9.90 Å². The van der Waals surface area contributed by atoms with Crippen molar-refractivity contribution in [3.8, 4) is 0 Å². The predicted octanol–water partition coefficient (Wildman–Crippen LogP) is 2.56. The third-order valence-corrected chi connectivity index (χ3v) is 4.40. The van der Waals surface area contributed by atoms with Crippen LogP contribution in [-0.4, -0.2) is 39.0 Å². The average Bonchev–Trinajstić information content (AvgIpc) is 2.61. The molecule has 1 aliphatic rings. The van der Waals surface area contributed by atoms with E-state index in [0.717, 1.165) is 37.2 Å². The maximum atomic E-state index is 11.4. The molecule has 3 heterocycles. The summed E-state index contributed by atoms with van der Waals surface area (Å²) < 4.78 is 0. The maximum Gasteiger partial charge on any atom is 0.307 e. The number of pyridine rings is 2. The van der Waals surface area contributed by atoms with Gasteiger partial charge in [0.2, 0.25) is 0 Å². The Labute approximate surface area is 136 Å². The zero-order valence-corrected chi connectivity index (χ0v) is 13.0. The van der Waals surface area contributed by atoms with E-state index < -0.39 is 5.97 Å². The second-order valence-corrected chi connectivity index (χ2v) is 5.97. The lowest BCUT2D eigenvalue weighted by atomic mass is 9.94. The second-order valence-electron chi connectivity index (χ2n) is 5.97. The molecule has 1 saturated heterocycles. The molecule has 0 aromatic carbocycles. The third-order valence-electron chi connectivity index (χ3n) is 4.40. The van der Waals surface area contributed by atoms with Crippen LogP contribution in [0.15, 0.2) is 48.8 Å². The van der Waals surface area contributed by atoms with E-state index in [4.69, 9.17) is 0 Å². The summed E-state index contributed by atoms with van der Waals surface area (Å²) in [6, 6.07) is 11.8. The molecule has 2 aromatic heterocycles. The Morgan fingerprint density at radius 2 is 2.00 bits per heavy atom. The van der Waals surface area contributed by atoms with E-state index >= 15 is 0 Å². The SMILES string of the molecule is O=C(O)C1CCCN(C(Cc2ccccn2)c2ccccn2)C1. The van der Waals surface area contributed by atoms with E-state index in [-0.39, 0.29) is 12.0 Å². The van der Waals surface area contributed by atoms with Gasteiger partial charge in [-0.2, -0.15) is 0 Å². The number of aromatic nitrogens is 2. The highest BCUT2D eigenvalue weighted by Gasteiger charge is 2.31. The average molecular weight is 311 g/mol. The van der Waals surface area contributed by atoms with Crippen molar-refractivity contribution in [2.45, 2.75) is 25.3 Å². The topological polar surface area (TPSA) is 66.3 Å². The van der Waals surface area contributed by atoms with Gasteiger partial charge in [0.05, 0.1) is 17.7 Å². The number of nitrogens with zero attached hydrogens (tertiary/aromatic N) is 3. The van der Waals surface area contributed by atoms with Crippen LogP contribution in [0.25, 0.3) is 0 Å². The number of carboxylic acids is 1. The van der Waals surface area contributed by atoms with Crippen LogP contribution in [-0.2, 0) is 11.2 Å². The number of aliphatic carboxylic acids is 1. The predicted molar refractivity (Wildman–Crippen MR) is 86.9 cm³/mol. The van der Waals surface area contributed by atoms with Gasteiger partial charge in [-0.3, -0.25) is 19.7 Å². The molecule has 1 N–H and O–H groups in total. The molecule has 23 heavy (non-hydrogen) atoms. The van der Waals surface area contributed by atoms with Gasteiger partial charge < -0.3 is 5.11 Å². The fourth-order valence-corrected chi connectivity index (χ4v) is 3.20. The van der Waals surface area contributed by atoms with E-state index in [1.54, 1.807) is 12.4 Å². The lowest BCUT2D eigenvalue weighted by Crippen LogP contribution is -2.41. The van der Waals surface area contributed by atoms with Gasteiger partial charge in [-0.1, -0.05) is 12.1 Å². The van der Waals surface area contributed by atoms with Crippen molar-refractivity contribution < 1.29 is 9.90 Å². The molecule has 0 bridgehead atoms. The van der Waals surface area contributed by atoms with Crippen LogP contribution in [0.2, 0.25) is 0 Å². The molecule has 0 saturated carbocycles. The van der Waals surface area contributed by atoms with Crippen LogP contribution in [0.4, 0.5) is 0 Å². The molecular formula is C18H21N3O2. The van der Waals surface area contributed by atoms with Crippen molar-refractivity contribution in [1.29, 1.82) is 0 Å². The van der Waals surface area contributed by atoms with E-state index in [0.29, 0.717) is 6.54 Å². The number of likely N-dealkylation sites (tertiary alicyclic amines) is 1. The fraction of sp³-hybridized carbons (Fsp3) is 0.389. The van der Waals surface area contributed by atoms with Crippen molar-refractivity contribution in [3.05, 3.63) is 60.2 Å². The molecule has 1 fully saturated rings. The smallest absolute Gasteiger partial charge is 0.307 e. The molecule has 2 aromatic rings. The van der Waals surface area contributed by atoms with Gasteiger partial charge in [0.15, 0.2) is 0 Å². The van der Waals surface area contributed by atoms with E-state index in [1.807, 2.05) is 36.4 Å². The highest BCUT2D eigenvalue weighted by molar-refractivity contribution is 5.70. The number of carboxylic acid groups (broad SMARTS) is 1. The first-order valence-electron chi connectivity index (χ1n) is 8.01. The maximum absolute atomic E-state index is 11.4. The van der Waals surface area contributed by atoms with Gasteiger partial charge in [0, 0.05) is 31.1 Å². The van der Waals surface area contributed by atoms with Crippen LogP contribution in [0.5, 0.6) is 0 Å². The van der Waals surface area contributed by atoms with Crippen molar-refractivity contribution in [2.24, 2.45) is 5.92 Å². The van der Waals surface area contributed by atoms with Crippen LogP contribution in [0.1, 0.15) is 30.3 Å². The van der Waals surface area contributed by atoms with E-state index in [1.165, 1.54) is 0 Å². The standard InChI is InChI=1S/C18H21N3O2/c22-18(23)14-6-5-11-21(13-14)17(16-8-2-4-10-20-16)12-15-7-1-3-9-19-15/h1-4,7-10,14,17H,5-6,11-13H2,(H,22,23). The van der Waals surface area contributed by atoms with Gasteiger partial charge in [0.25, 0.3) is 0 Å². The summed E-state index contributed by atoms with van der Waals surface area (Å²) in [6.07, 6.45) is 5.98. The molecule has 5 nitrogen and oxygen atoms in total. The first-order chi connectivity index (χ1) is 11.2. The summed E-state index contributed by atoms with van der Waals surface area (Å²) in [5.41, 5.74) is 1.98. The number of rotatable bonds is 5. The summed E-state index contributed by atoms with van der Waals surface area (Å²) in [6.45, 7) is 1.47. The van der Waals surface area contributed by atoms with Crippen molar-refractivity contribution >= 4 is 5.97 Å². The highest BCUT2D eigenvalue weighted by Crippen LogP contribution is 2.28. The summed E-state index contributed by atoms with van der Waals surface area (Å²) in [5.74, 6) is -0.994. The van der Waals surface area contributed by atoms with Crippen LogP contribution < -0.4 is 0 Å². The lowest BCUT2D eigenvalue weighted by molar-refractivity contribution is -0.144. The van der Waals surface area contributed by atoms with Gasteiger partial charge in [0.1, 0.15) is 0 Å². The summed E-state index contributed by atoms with van der Waals surface area (Å²) >= 11 is 0. The minimum atomic E-state index is -0.702. The zero-order chi connectivity index (χ0) is 16.1. The number of carbonyl (C=O) groups is 1. The van der Waals surface area contributed by atoms with Gasteiger partial charge >= 0.3 is 5.97 Å². The zero-order valence-electron chi connectivity index (χ0n) is 13.0. The third kappa shape index (κ3) is 3.93. The first-order valence-corrected chi connectivity index (χ1v) is 8.01. The molecule has 3 rings (SSSR count). The fourth-order valence-electron chi connectivity index (χ4n) is 3.20. The van der Waals surface area contributed by atoms with Gasteiger partial charge in [-0.25, -0.2) is 0 Å². The molecule has 120 valence electrons.